The highest BCUT2D eigenvalue weighted by atomic mass is 32.1. The fourth-order valence-corrected chi connectivity index (χ4v) is 3.40. The summed E-state index contributed by atoms with van der Waals surface area (Å²) in [5, 5.41) is 16.1. The molecule has 0 atom stereocenters. The van der Waals surface area contributed by atoms with Crippen molar-refractivity contribution in [3.63, 3.8) is 0 Å². The van der Waals surface area contributed by atoms with Crippen molar-refractivity contribution in [2.75, 3.05) is 5.32 Å². The number of rotatable bonds is 8. The molecule has 1 heterocycles. The lowest BCUT2D eigenvalue weighted by Crippen LogP contribution is -2.14. The third-order valence-corrected chi connectivity index (χ3v) is 5.04. The van der Waals surface area contributed by atoms with Crippen LogP contribution in [0.3, 0.4) is 0 Å². The molecule has 9 heteroatoms. The van der Waals surface area contributed by atoms with Gasteiger partial charge in [0.25, 0.3) is 5.69 Å². The molecule has 1 N–H and O–H groups in total. The van der Waals surface area contributed by atoms with Crippen LogP contribution in [-0.4, -0.2) is 21.8 Å². The number of carbonyl (C=O) groups excluding carboxylic acids is 2. The van der Waals surface area contributed by atoms with E-state index in [9.17, 15) is 19.7 Å². The second-order valence-electron chi connectivity index (χ2n) is 6.58. The van der Waals surface area contributed by atoms with Crippen molar-refractivity contribution in [1.82, 2.24) is 4.98 Å². The van der Waals surface area contributed by atoms with E-state index in [4.69, 9.17) is 4.74 Å². The highest BCUT2D eigenvalue weighted by molar-refractivity contribution is 7.09. The van der Waals surface area contributed by atoms with Gasteiger partial charge in [-0.05, 0) is 31.2 Å². The van der Waals surface area contributed by atoms with Crippen LogP contribution in [0.4, 0.5) is 11.4 Å². The minimum atomic E-state index is -0.648. The van der Waals surface area contributed by atoms with E-state index >= 15 is 0 Å². The van der Waals surface area contributed by atoms with E-state index in [1.807, 2.05) is 31.2 Å². The molecule has 0 unspecified atom stereocenters. The summed E-state index contributed by atoms with van der Waals surface area (Å²) >= 11 is 1.30. The number of esters is 1. The number of nitrogens with one attached hydrogen (secondary N) is 1. The molecule has 0 fully saturated rings. The topological polar surface area (TPSA) is 111 Å². The smallest absolute Gasteiger partial charge is 0.331 e. The van der Waals surface area contributed by atoms with E-state index in [1.165, 1.54) is 29.5 Å². The molecule has 1 aromatic heterocycles. The molecule has 0 bridgehead atoms. The van der Waals surface area contributed by atoms with Crippen LogP contribution in [-0.2, 0) is 27.4 Å². The highest BCUT2D eigenvalue weighted by Crippen LogP contribution is 2.19. The second-order valence-corrected chi connectivity index (χ2v) is 7.52. The summed E-state index contributed by atoms with van der Waals surface area (Å²) in [6.45, 7) is 1.91. The van der Waals surface area contributed by atoms with Gasteiger partial charge < -0.3 is 10.1 Å². The summed E-state index contributed by atoms with van der Waals surface area (Å²) in [4.78, 5) is 38.8. The SMILES string of the molecule is Cc1ccc(NC(=O)Cc2nc(COC(=O)C=Cc3ccccc3[N+](=O)[O-])cs2)cc1. The van der Waals surface area contributed by atoms with Crippen molar-refractivity contribution in [3.8, 4) is 0 Å². The number of benzene rings is 2. The van der Waals surface area contributed by atoms with E-state index in [1.54, 1.807) is 17.5 Å². The minimum Gasteiger partial charge on any atom is -0.456 e. The van der Waals surface area contributed by atoms with Gasteiger partial charge >= 0.3 is 5.97 Å². The van der Waals surface area contributed by atoms with Crippen molar-refractivity contribution in [3.05, 3.63) is 91.9 Å². The third kappa shape index (κ3) is 6.58. The number of para-hydroxylation sites is 1. The highest BCUT2D eigenvalue weighted by Gasteiger charge is 2.11. The van der Waals surface area contributed by atoms with Gasteiger partial charge in [0.05, 0.1) is 22.6 Å². The van der Waals surface area contributed by atoms with Crippen molar-refractivity contribution in [1.29, 1.82) is 0 Å². The molecule has 1 amide bonds. The monoisotopic (exact) mass is 437 g/mol. The zero-order valence-corrected chi connectivity index (χ0v) is 17.4. The Hall–Kier alpha value is -3.85. The van der Waals surface area contributed by atoms with Crippen molar-refractivity contribution in [2.24, 2.45) is 0 Å². The van der Waals surface area contributed by atoms with Crippen LogP contribution >= 0.6 is 11.3 Å². The Bertz CT molecular complexity index is 1120. The first-order valence-corrected chi connectivity index (χ1v) is 10.2. The standard InChI is InChI=1S/C22H19N3O5S/c1-15-6-9-17(10-7-15)23-20(26)12-21-24-18(14-31-21)13-30-22(27)11-8-16-4-2-3-5-19(16)25(28)29/h2-11,14H,12-13H2,1H3,(H,23,26). The number of hydrogen-bond acceptors (Lipinski definition) is 7. The molecule has 0 saturated heterocycles. The van der Waals surface area contributed by atoms with E-state index in [-0.39, 0.29) is 24.6 Å². The molecule has 0 spiro atoms. The Balaban J connectivity index is 1.49. The van der Waals surface area contributed by atoms with Gasteiger partial charge in [0.15, 0.2) is 0 Å². The van der Waals surface area contributed by atoms with Gasteiger partial charge in [0, 0.05) is 23.2 Å². The largest absolute Gasteiger partial charge is 0.456 e. The fraction of sp³-hybridized carbons (Fsp3) is 0.136. The number of nitro groups is 1. The summed E-state index contributed by atoms with van der Waals surface area (Å²) in [5.41, 5.74) is 2.55. The Labute approximate surface area is 182 Å². The molecular formula is C22H19N3O5S. The molecule has 8 nitrogen and oxygen atoms in total. The molecule has 0 aliphatic rings. The lowest BCUT2D eigenvalue weighted by molar-refractivity contribution is -0.385. The number of ether oxygens (including phenoxy) is 1. The van der Waals surface area contributed by atoms with Crippen molar-refractivity contribution in [2.45, 2.75) is 20.0 Å². The zero-order chi connectivity index (χ0) is 22.2. The van der Waals surface area contributed by atoms with Crippen LogP contribution in [0.1, 0.15) is 21.8 Å². The van der Waals surface area contributed by atoms with Gasteiger partial charge in [0.2, 0.25) is 5.91 Å². The Morgan fingerprint density at radius 2 is 1.94 bits per heavy atom. The number of anilines is 1. The van der Waals surface area contributed by atoms with Crippen LogP contribution in [0.15, 0.2) is 60.0 Å². The summed E-state index contributed by atoms with van der Waals surface area (Å²) in [6.07, 6.45) is 2.58. The minimum absolute atomic E-state index is 0.0594. The number of aromatic nitrogens is 1. The first-order chi connectivity index (χ1) is 14.9. The Kier molecular flexibility index (Phi) is 7.23. The molecule has 3 rings (SSSR count). The van der Waals surface area contributed by atoms with Gasteiger partial charge in [-0.3, -0.25) is 14.9 Å². The number of carbonyl (C=O) groups is 2. The van der Waals surface area contributed by atoms with E-state index in [2.05, 4.69) is 10.3 Å². The number of aryl methyl sites for hydroxylation is 1. The molecule has 0 aliphatic carbocycles. The zero-order valence-electron chi connectivity index (χ0n) is 16.6. The van der Waals surface area contributed by atoms with E-state index in [0.29, 0.717) is 22.0 Å². The maximum Gasteiger partial charge on any atom is 0.331 e. The molecule has 0 saturated carbocycles. The molecular weight excluding hydrogens is 418 g/mol. The molecule has 158 valence electrons. The number of nitrogens with zero attached hydrogens (tertiary/aromatic N) is 2. The number of nitro benzene ring substituents is 1. The van der Waals surface area contributed by atoms with Crippen molar-refractivity contribution < 1.29 is 19.2 Å². The quantitative estimate of drug-likeness (QED) is 0.243. The van der Waals surface area contributed by atoms with Gasteiger partial charge in [0.1, 0.15) is 11.6 Å². The van der Waals surface area contributed by atoms with Gasteiger partial charge in [-0.25, -0.2) is 9.78 Å². The summed E-state index contributed by atoms with van der Waals surface area (Å²) in [7, 11) is 0. The summed E-state index contributed by atoms with van der Waals surface area (Å²) < 4.78 is 5.12. The molecule has 2 aromatic carbocycles. The lowest BCUT2D eigenvalue weighted by Gasteiger charge is -2.04. The summed E-state index contributed by atoms with van der Waals surface area (Å²) in [6, 6.07) is 13.6. The first kappa shape index (κ1) is 21.8. The average molecular weight is 437 g/mol. The lowest BCUT2D eigenvalue weighted by atomic mass is 10.1. The van der Waals surface area contributed by atoms with Crippen LogP contribution in [0, 0.1) is 17.0 Å². The van der Waals surface area contributed by atoms with E-state index in [0.717, 1.165) is 11.6 Å². The molecule has 0 radical (unpaired) electrons. The van der Waals surface area contributed by atoms with Gasteiger partial charge in [-0.1, -0.05) is 29.8 Å². The van der Waals surface area contributed by atoms with Crippen molar-refractivity contribution >= 4 is 40.7 Å². The normalized spacial score (nSPS) is 10.7. The Morgan fingerprint density at radius 3 is 2.68 bits per heavy atom. The molecule has 31 heavy (non-hydrogen) atoms. The predicted molar refractivity (Wildman–Crippen MR) is 118 cm³/mol. The maximum atomic E-state index is 12.2. The predicted octanol–water partition coefficient (Wildman–Crippen LogP) is 4.30. The maximum absolute atomic E-state index is 12.2. The van der Waals surface area contributed by atoms with Gasteiger partial charge in [-0.15, -0.1) is 11.3 Å². The van der Waals surface area contributed by atoms with Crippen LogP contribution < -0.4 is 5.32 Å². The second kappa shape index (κ2) is 10.3. The Morgan fingerprint density at radius 1 is 1.19 bits per heavy atom. The third-order valence-electron chi connectivity index (χ3n) is 4.14. The summed E-state index contributed by atoms with van der Waals surface area (Å²) in [5.74, 6) is -0.834. The van der Waals surface area contributed by atoms with Gasteiger partial charge in [-0.2, -0.15) is 0 Å². The number of amides is 1. The fourth-order valence-electron chi connectivity index (χ4n) is 2.62. The van der Waals surface area contributed by atoms with E-state index < -0.39 is 10.9 Å². The van der Waals surface area contributed by atoms with Crippen LogP contribution in [0.2, 0.25) is 0 Å². The average Bonchev–Trinajstić information content (AvgIpc) is 3.19. The number of hydrogen-bond donors (Lipinski definition) is 1. The first-order valence-electron chi connectivity index (χ1n) is 9.29. The van der Waals surface area contributed by atoms with Crippen LogP contribution in [0.5, 0.6) is 0 Å². The molecule has 3 aromatic rings. The number of thiazole rings is 1. The van der Waals surface area contributed by atoms with Crippen LogP contribution in [0.25, 0.3) is 6.08 Å². The molecule has 0 aliphatic heterocycles.